The molecule has 2 unspecified atom stereocenters. The zero-order chi connectivity index (χ0) is 11.4. The molecule has 1 N–H and O–H groups in total. The first-order valence-electron chi connectivity index (χ1n) is 5.24. The fraction of sp³-hybridized carbons (Fsp3) is 0.909. The summed E-state index contributed by atoms with van der Waals surface area (Å²) in [7, 11) is 0. The van der Waals surface area contributed by atoms with Crippen LogP contribution in [0.5, 0.6) is 0 Å². The Labute approximate surface area is 92.4 Å². The minimum atomic E-state index is -0.327. The molecule has 0 spiro atoms. The third-order valence-corrected chi connectivity index (χ3v) is 3.23. The lowest BCUT2D eigenvalue weighted by molar-refractivity contribution is -0.123. The molecule has 0 rings (SSSR count). The van der Waals surface area contributed by atoms with E-state index in [4.69, 9.17) is 11.6 Å². The molecule has 0 aliphatic rings. The molecule has 0 aliphatic carbocycles. The van der Waals surface area contributed by atoms with E-state index in [1.54, 1.807) is 0 Å². The Balaban J connectivity index is 4.06. The van der Waals surface area contributed by atoms with Gasteiger partial charge in [0.25, 0.3) is 0 Å². The maximum absolute atomic E-state index is 11.6. The van der Waals surface area contributed by atoms with Crippen LogP contribution >= 0.6 is 11.6 Å². The number of carbonyl (C=O) groups is 1. The number of rotatable bonds is 5. The summed E-state index contributed by atoms with van der Waals surface area (Å²) in [5, 5.41) is 2.88. The van der Waals surface area contributed by atoms with Gasteiger partial charge in [0.2, 0.25) is 5.91 Å². The molecular formula is C11H22ClNO. The Hall–Kier alpha value is -0.240. The number of nitrogens with one attached hydrogen (secondary N) is 1. The van der Waals surface area contributed by atoms with Crippen LogP contribution in [-0.2, 0) is 4.79 Å². The zero-order valence-electron chi connectivity index (χ0n) is 9.86. The van der Waals surface area contributed by atoms with Crippen LogP contribution in [0, 0.1) is 5.92 Å². The summed E-state index contributed by atoms with van der Waals surface area (Å²) in [6, 6.07) is 0. The highest BCUT2D eigenvalue weighted by molar-refractivity contribution is 6.21. The molecule has 0 fully saturated rings. The Morgan fingerprint density at radius 2 is 1.93 bits per heavy atom. The van der Waals surface area contributed by atoms with E-state index in [0.29, 0.717) is 12.3 Å². The molecular weight excluding hydrogens is 198 g/mol. The smallest absolute Gasteiger partial charge is 0.220 e. The van der Waals surface area contributed by atoms with Crippen molar-refractivity contribution >= 4 is 17.5 Å². The van der Waals surface area contributed by atoms with E-state index in [1.807, 2.05) is 20.8 Å². The summed E-state index contributed by atoms with van der Waals surface area (Å²) >= 11 is 5.97. The molecule has 84 valence electrons. The van der Waals surface area contributed by atoms with Crippen molar-refractivity contribution in [2.75, 3.05) is 0 Å². The van der Waals surface area contributed by atoms with Gasteiger partial charge in [0.05, 0.1) is 10.9 Å². The van der Waals surface area contributed by atoms with Crippen molar-refractivity contribution in [2.45, 2.75) is 58.4 Å². The van der Waals surface area contributed by atoms with Crippen molar-refractivity contribution in [2.24, 2.45) is 5.92 Å². The first-order chi connectivity index (χ1) is 6.29. The quantitative estimate of drug-likeness (QED) is 0.708. The molecule has 0 radical (unpaired) electrons. The molecule has 0 aromatic carbocycles. The number of halogens is 1. The summed E-state index contributed by atoms with van der Waals surface area (Å²) in [6.07, 6.45) is 1.62. The van der Waals surface area contributed by atoms with Crippen molar-refractivity contribution < 1.29 is 4.79 Å². The minimum absolute atomic E-state index is 0.0663. The maximum atomic E-state index is 11.6. The predicted molar refractivity (Wildman–Crippen MR) is 61.6 cm³/mol. The molecule has 3 heteroatoms. The van der Waals surface area contributed by atoms with Gasteiger partial charge < -0.3 is 5.32 Å². The average molecular weight is 220 g/mol. The summed E-state index contributed by atoms with van der Waals surface area (Å²) in [6.45, 7) is 9.95. The van der Waals surface area contributed by atoms with E-state index in [1.165, 1.54) is 0 Å². The summed E-state index contributed by atoms with van der Waals surface area (Å²) in [5.41, 5.74) is -0.327. The van der Waals surface area contributed by atoms with Crippen LogP contribution in [0.2, 0.25) is 0 Å². The molecule has 0 aromatic rings. The first-order valence-corrected chi connectivity index (χ1v) is 5.68. The monoisotopic (exact) mass is 219 g/mol. The third-order valence-electron chi connectivity index (χ3n) is 2.69. The van der Waals surface area contributed by atoms with E-state index in [2.05, 4.69) is 19.2 Å². The maximum Gasteiger partial charge on any atom is 0.220 e. The molecule has 0 heterocycles. The van der Waals surface area contributed by atoms with E-state index < -0.39 is 0 Å². The number of hydrogen-bond acceptors (Lipinski definition) is 1. The van der Waals surface area contributed by atoms with Crippen LogP contribution < -0.4 is 5.32 Å². The van der Waals surface area contributed by atoms with Gasteiger partial charge in [0.1, 0.15) is 0 Å². The van der Waals surface area contributed by atoms with Crippen LogP contribution in [0.15, 0.2) is 0 Å². The molecule has 1 amide bonds. The van der Waals surface area contributed by atoms with Gasteiger partial charge >= 0.3 is 0 Å². The summed E-state index contributed by atoms with van der Waals surface area (Å²) in [5.74, 6) is 0.535. The minimum Gasteiger partial charge on any atom is -0.350 e. The Morgan fingerprint density at radius 3 is 2.29 bits per heavy atom. The van der Waals surface area contributed by atoms with E-state index >= 15 is 0 Å². The van der Waals surface area contributed by atoms with Crippen molar-refractivity contribution in [3.8, 4) is 0 Å². The van der Waals surface area contributed by atoms with Crippen LogP contribution in [-0.4, -0.2) is 16.8 Å². The number of hydrogen-bond donors (Lipinski definition) is 1. The number of amides is 1. The van der Waals surface area contributed by atoms with Crippen molar-refractivity contribution in [1.82, 2.24) is 5.32 Å². The van der Waals surface area contributed by atoms with Crippen molar-refractivity contribution in [1.29, 1.82) is 0 Å². The standard InChI is InChI=1S/C11H22ClNO/c1-6-8(2)7-10(14)13-11(4,5)9(3)12/h8-9H,6-7H2,1-5H3,(H,13,14). The lowest BCUT2D eigenvalue weighted by Crippen LogP contribution is -2.49. The summed E-state index contributed by atoms with van der Waals surface area (Å²) < 4.78 is 0. The van der Waals surface area contributed by atoms with E-state index in [-0.39, 0.29) is 16.8 Å². The van der Waals surface area contributed by atoms with Crippen LogP contribution in [0.4, 0.5) is 0 Å². The van der Waals surface area contributed by atoms with Crippen molar-refractivity contribution in [3.63, 3.8) is 0 Å². The van der Waals surface area contributed by atoms with Crippen LogP contribution in [0.3, 0.4) is 0 Å². The molecule has 0 aromatic heterocycles. The second-order valence-electron chi connectivity index (χ2n) is 4.60. The average Bonchev–Trinajstić information content (AvgIpc) is 2.02. The Morgan fingerprint density at radius 1 is 1.43 bits per heavy atom. The van der Waals surface area contributed by atoms with Gasteiger partial charge in [-0.2, -0.15) is 0 Å². The van der Waals surface area contributed by atoms with Gasteiger partial charge in [-0.3, -0.25) is 4.79 Å². The second kappa shape index (κ2) is 5.59. The van der Waals surface area contributed by atoms with Crippen LogP contribution in [0.1, 0.15) is 47.5 Å². The number of alkyl halides is 1. The third kappa shape index (κ3) is 4.85. The Kier molecular flexibility index (Phi) is 5.50. The molecule has 14 heavy (non-hydrogen) atoms. The van der Waals surface area contributed by atoms with E-state index in [9.17, 15) is 4.79 Å². The van der Waals surface area contributed by atoms with Gasteiger partial charge in [0.15, 0.2) is 0 Å². The summed E-state index contributed by atoms with van der Waals surface area (Å²) in [4.78, 5) is 11.6. The fourth-order valence-corrected chi connectivity index (χ4v) is 1.03. The molecule has 0 aliphatic heterocycles. The van der Waals surface area contributed by atoms with Gasteiger partial charge in [0, 0.05) is 6.42 Å². The first kappa shape index (κ1) is 13.8. The highest BCUT2D eigenvalue weighted by atomic mass is 35.5. The molecule has 2 atom stereocenters. The molecule has 0 saturated heterocycles. The molecule has 2 nitrogen and oxygen atoms in total. The van der Waals surface area contributed by atoms with E-state index in [0.717, 1.165) is 6.42 Å². The highest BCUT2D eigenvalue weighted by Gasteiger charge is 2.26. The van der Waals surface area contributed by atoms with Gasteiger partial charge in [-0.15, -0.1) is 11.6 Å². The Bertz CT molecular complexity index is 190. The second-order valence-corrected chi connectivity index (χ2v) is 5.26. The van der Waals surface area contributed by atoms with Gasteiger partial charge in [-0.05, 0) is 26.7 Å². The largest absolute Gasteiger partial charge is 0.350 e. The molecule has 0 bridgehead atoms. The van der Waals surface area contributed by atoms with Gasteiger partial charge in [-0.1, -0.05) is 20.3 Å². The molecule has 0 saturated carbocycles. The highest BCUT2D eigenvalue weighted by Crippen LogP contribution is 2.15. The predicted octanol–water partition coefficient (Wildman–Crippen LogP) is 2.94. The van der Waals surface area contributed by atoms with Crippen LogP contribution in [0.25, 0.3) is 0 Å². The SMILES string of the molecule is CCC(C)CC(=O)NC(C)(C)C(C)Cl. The lowest BCUT2D eigenvalue weighted by Gasteiger charge is -2.29. The number of carbonyl (C=O) groups excluding carboxylic acids is 1. The van der Waals surface area contributed by atoms with Gasteiger partial charge in [-0.25, -0.2) is 0 Å². The fourth-order valence-electron chi connectivity index (χ4n) is 0.971. The lowest BCUT2D eigenvalue weighted by atomic mass is 9.99. The zero-order valence-corrected chi connectivity index (χ0v) is 10.6. The van der Waals surface area contributed by atoms with Crippen molar-refractivity contribution in [3.05, 3.63) is 0 Å². The normalized spacial score (nSPS) is 16.1. The topological polar surface area (TPSA) is 29.1 Å².